The van der Waals surface area contributed by atoms with Gasteiger partial charge in [-0.15, -0.1) is 0 Å². The van der Waals surface area contributed by atoms with Gasteiger partial charge in [-0.05, 0) is 75.0 Å². The van der Waals surface area contributed by atoms with Gasteiger partial charge in [-0.1, -0.05) is 31.2 Å². The lowest BCUT2D eigenvalue weighted by molar-refractivity contribution is -0.130. The number of nitrogens with one attached hydrogen (secondary N) is 2. The second-order valence-electron chi connectivity index (χ2n) is 12.2. The number of Topliss-reactive ketones (excluding diaryl/α,β-unsaturated/α-hetero) is 2. The molecule has 1 amide bonds. The van der Waals surface area contributed by atoms with E-state index in [1.807, 2.05) is 62.7 Å². The smallest absolute Gasteiger partial charge is 0.406 e. The highest BCUT2D eigenvalue weighted by Crippen LogP contribution is 2.37. The number of ketones is 2. The van der Waals surface area contributed by atoms with Crippen LogP contribution in [0.1, 0.15) is 62.9 Å². The van der Waals surface area contributed by atoms with Gasteiger partial charge in [0.2, 0.25) is 0 Å². The molecule has 0 spiro atoms. The molecule has 2 N–H and O–H groups in total. The van der Waals surface area contributed by atoms with E-state index >= 15 is 0 Å². The molecule has 1 aromatic heterocycles. The molecule has 11 heteroatoms. The number of aldehydes is 1. The molecule has 1 aliphatic heterocycles. The third-order valence-corrected chi connectivity index (χ3v) is 7.84. The van der Waals surface area contributed by atoms with Crippen LogP contribution >= 0.6 is 0 Å². The largest absolute Gasteiger partial charge is 0.456 e. The summed E-state index contributed by atoms with van der Waals surface area (Å²) in [6, 6.07) is 12.5. The molecule has 2 aromatic carbocycles. The Morgan fingerprint density at radius 2 is 1.84 bits per heavy atom. The Kier molecular flexibility index (Phi) is 10.3. The number of rotatable bonds is 12. The van der Waals surface area contributed by atoms with E-state index < -0.39 is 29.1 Å². The standard InChI is InChI=1S/C34H40N4O7/c1-22-14-16-37-34(22,30(41)7-6-15-35-32(43)44-5)38-19-29(36-21-38)28-18-23(17-26(40)20-39)8-13-27(28)24-9-11-25(12-10-24)31(42)45-33(2,3)4/h8-13,18-22,37H,6-7,14-17H2,1-5H3,(H,35,43)/t22?,34-/m0/s1. The summed E-state index contributed by atoms with van der Waals surface area (Å²) in [5.41, 5.74) is 2.28. The number of benzene rings is 2. The van der Waals surface area contributed by atoms with Gasteiger partial charge in [-0.25, -0.2) is 14.6 Å². The zero-order chi connectivity index (χ0) is 32.8. The van der Waals surface area contributed by atoms with Crippen LogP contribution in [0.15, 0.2) is 55.0 Å². The topological polar surface area (TPSA) is 146 Å². The van der Waals surface area contributed by atoms with Crippen molar-refractivity contribution in [3.05, 3.63) is 66.1 Å². The molecule has 2 atom stereocenters. The molecule has 0 radical (unpaired) electrons. The number of aromatic nitrogens is 2. The summed E-state index contributed by atoms with van der Waals surface area (Å²) in [7, 11) is 1.29. The first-order valence-corrected chi connectivity index (χ1v) is 15.0. The summed E-state index contributed by atoms with van der Waals surface area (Å²) in [6.07, 6.45) is 4.62. The van der Waals surface area contributed by atoms with Crippen LogP contribution in [0.5, 0.6) is 0 Å². The van der Waals surface area contributed by atoms with E-state index in [1.54, 1.807) is 24.5 Å². The number of imidazole rings is 1. The molecular weight excluding hydrogens is 576 g/mol. The lowest BCUT2D eigenvalue weighted by Crippen LogP contribution is -2.53. The van der Waals surface area contributed by atoms with Crippen LogP contribution in [-0.4, -0.2) is 65.3 Å². The van der Waals surface area contributed by atoms with Crippen molar-refractivity contribution in [1.29, 1.82) is 0 Å². The maximum atomic E-state index is 13.7. The molecule has 0 aliphatic carbocycles. The van der Waals surface area contributed by atoms with Crippen molar-refractivity contribution >= 4 is 29.9 Å². The highest BCUT2D eigenvalue weighted by molar-refractivity contribution is 6.25. The minimum absolute atomic E-state index is 0.0219. The highest BCUT2D eigenvalue weighted by Gasteiger charge is 2.47. The van der Waals surface area contributed by atoms with Crippen molar-refractivity contribution in [1.82, 2.24) is 20.2 Å². The summed E-state index contributed by atoms with van der Waals surface area (Å²) in [4.78, 5) is 65.5. The van der Waals surface area contributed by atoms with E-state index in [-0.39, 0.29) is 24.5 Å². The van der Waals surface area contributed by atoms with Crippen molar-refractivity contribution in [2.24, 2.45) is 5.92 Å². The molecule has 1 saturated heterocycles. The number of carbonyl (C=O) groups excluding carboxylic acids is 5. The highest BCUT2D eigenvalue weighted by atomic mass is 16.6. The van der Waals surface area contributed by atoms with Crippen molar-refractivity contribution < 1.29 is 33.4 Å². The van der Waals surface area contributed by atoms with Gasteiger partial charge in [0.15, 0.2) is 23.5 Å². The van der Waals surface area contributed by atoms with E-state index in [1.165, 1.54) is 7.11 Å². The molecular formula is C34H40N4O7. The van der Waals surface area contributed by atoms with Crippen LogP contribution < -0.4 is 10.6 Å². The number of alkyl carbamates (subject to hydrolysis) is 1. The van der Waals surface area contributed by atoms with Gasteiger partial charge < -0.3 is 19.4 Å². The fourth-order valence-corrected chi connectivity index (χ4v) is 5.61. The first kappa shape index (κ1) is 33.3. The number of hydrogen-bond donors (Lipinski definition) is 2. The number of hydrogen-bond acceptors (Lipinski definition) is 9. The molecule has 238 valence electrons. The minimum atomic E-state index is -1.02. The van der Waals surface area contributed by atoms with Gasteiger partial charge in [-0.3, -0.25) is 19.7 Å². The van der Waals surface area contributed by atoms with Gasteiger partial charge >= 0.3 is 12.1 Å². The van der Waals surface area contributed by atoms with E-state index in [2.05, 4.69) is 15.4 Å². The van der Waals surface area contributed by atoms with Crippen LogP contribution in [0.3, 0.4) is 0 Å². The second kappa shape index (κ2) is 14.0. The average Bonchev–Trinajstić information content (AvgIpc) is 3.66. The van der Waals surface area contributed by atoms with E-state index in [4.69, 9.17) is 9.72 Å². The average molecular weight is 617 g/mol. The molecule has 1 aliphatic rings. The first-order valence-electron chi connectivity index (χ1n) is 15.0. The molecule has 0 bridgehead atoms. The quantitative estimate of drug-likeness (QED) is 0.130. The zero-order valence-corrected chi connectivity index (χ0v) is 26.3. The molecule has 1 unspecified atom stereocenters. The number of amides is 1. The van der Waals surface area contributed by atoms with Crippen molar-refractivity contribution in [2.45, 2.75) is 64.6 Å². The number of esters is 1. The van der Waals surface area contributed by atoms with Crippen LogP contribution in [-0.2, 0) is 35.9 Å². The number of ether oxygens (including phenoxy) is 2. The lowest BCUT2D eigenvalue weighted by Gasteiger charge is -2.34. The third-order valence-electron chi connectivity index (χ3n) is 7.84. The van der Waals surface area contributed by atoms with Crippen LogP contribution in [0, 0.1) is 5.92 Å². The Morgan fingerprint density at radius 3 is 2.47 bits per heavy atom. The summed E-state index contributed by atoms with van der Waals surface area (Å²) in [5.74, 6) is -1.02. The summed E-state index contributed by atoms with van der Waals surface area (Å²) in [6.45, 7) is 8.41. The first-order chi connectivity index (χ1) is 21.4. The fraction of sp³-hybridized carbons (Fsp3) is 0.412. The minimum Gasteiger partial charge on any atom is -0.456 e. The Bertz CT molecular complexity index is 1570. The van der Waals surface area contributed by atoms with Gasteiger partial charge in [0.25, 0.3) is 0 Å². The summed E-state index contributed by atoms with van der Waals surface area (Å²) >= 11 is 0. The molecule has 0 saturated carbocycles. The Labute approximate surface area is 262 Å². The van der Waals surface area contributed by atoms with Crippen molar-refractivity contribution in [3.8, 4) is 22.4 Å². The number of methoxy groups -OCH3 is 1. The van der Waals surface area contributed by atoms with Gasteiger partial charge in [0, 0.05) is 37.1 Å². The monoisotopic (exact) mass is 616 g/mol. The Morgan fingerprint density at radius 1 is 1.11 bits per heavy atom. The maximum Gasteiger partial charge on any atom is 0.406 e. The predicted molar refractivity (Wildman–Crippen MR) is 167 cm³/mol. The Hall–Kier alpha value is -4.64. The SMILES string of the molecule is COC(=O)NCCCC(=O)[C@]1(n2cnc(-c3cc(CC(=O)C=O)ccc3-c3ccc(C(=O)OC(C)(C)C)cc3)c2)NCCC1C. The second-order valence-corrected chi connectivity index (χ2v) is 12.2. The zero-order valence-electron chi connectivity index (χ0n) is 26.3. The van der Waals surface area contributed by atoms with Gasteiger partial charge in [0.05, 0.1) is 24.7 Å². The molecule has 3 aromatic rings. The third kappa shape index (κ3) is 7.72. The Balaban J connectivity index is 1.69. The fourth-order valence-electron chi connectivity index (χ4n) is 5.61. The molecule has 1 fully saturated rings. The maximum absolute atomic E-state index is 13.7. The van der Waals surface area contributed by atoms with Crippen molar-refractivity contribution in [3.63, 3.8) is 0 Å². The predicted octanol–water partition coefficient (Wildman–Crippen LogP) is 4.47. The van der Waals surface area contributed by atoms with Crippen LogP contribution in [0.25, 0.3) is 22.4 Å². The van der Waals surface area contributed by atoms with Gasteiger partial charge in [0.1, 0.15) is 5.60 Å². The van der Waals surface area contributed by atoms with Gasteiger partial charge in [-0.2, -0.15) is 0 Å². The van der Waals surface area contributed by atoms with E-state index in [0.717, 1.165) is 17.5 Å². The van der Waals surface area contributed by atoms with Crippen molar-refractivity contribution in [2.75, 3.05) is 20.2 Å². The normalized spacial score (nSPS) is 17.8. The molecule has 4 rings (SSSR count). The molecule has 11 nitrogen and oxygen atoms in total. The molecule has 2 heterocycles. The van der Waals surface area contributed by atoms with Crippen LogP contribution in [0.2, 0.25) is 0 Å². The summed E-state index contributed by atoms with van der Waals surface area (Å²) in [5, 5.41) is 6.03. The lowest BCUT2D eigenvalue weighted by atomic mass is 9.88. The van der Waals surface area contributed by atoms with E-state index in [0.29, 0.717) is 48.2 Å². The molecule has 45 heavy (non-hydrogen) atoms. The summed E-state index contributed by atoms with van der Waals surface area (Å²) < 4.78 is 11.9. The number of nitrogens with zero attached hydrogens (tertiary/aromatic N) is 2. The van der Waals surface area contributed by atoms with Crippen LogP contribution in [0.4, 0.5) is 4.79 Å². The number of carbonyl (C=O) groups is 5. The van der Waals surface area contributed by atoms with E-state index in [9.17, 15) is 24.0 Å².